The summed E-state index contributed by atoms with van der Waals surface area (Å²) in [5.41, 5.74) is 3.93. The van der Waals surface area contributed by atoms with Gasteiger partial charge in [0.25, 0.3) is 0 Å². The van der Waals surface area contributed by atoms with Crippen LogP contribution < -0.4 is 16.0 Å². The molecule has 3 N–H and O–H groups in total. The Labute approximate surface area is 246 Å². The fourth-order valence-electron chi connectivity index (χ4n) is 5.61. The maximum Gasteiger partial charge on any atom is 0.416 e. The molecule has 4 aliphatic rings. The van der Waals surface area contributed by atoms with Gasteiger partial charge >= 0.3 is 6.18 Å². The topological polar surface area (TPSA) is 81.5 Å². The minimum Gasteiger partial charge on any atom is -0.354 e. The van der Waals surface area contributed by atoms with Crippen LogP contribution in [0.2, 0.25) is 0 Å². The van der Waals surface area contributed by atoms with E-state index in [4.69, 9.17) is 8.67 Å². The second kappa shape index (κ2) is 10.6. The van der Waals surface area contributed by atoms with E-state index in [9.17, 15) is 31.1 Å². The van der Waals surface area contributed by atoms with Gasteiger partial charge in [0, 0.05) is 36.9 Å². The predicted molar refractivity (Wildman–Crippen MR) is 145 cm³/mol. The molecular formula is C29H30F6N4O3S. The van der Waals surface area contributed by atoms with Crippen molar-refractivity contribution in [1.82, 2.24) is 20.3 Å². The lowest BCUT2D eigenvalue weighted by molar-refractivity contribution is -0.137. The Kier molecular flexibility index (Phi) is 7.38. The molecule has 2 aliphatic carbocycles. The van der Waals surface area contributed by atoms with Crippen molar-refractivity contribution in [2.24, 2.45) is 5.92 Å². The number of hydrogen-bond donors (Lipinski definition) is 3. The lowest BCUT2D eigenvalue weighted by Gasteiger charge is -2.37. The Morgan fingerprint density at radius 2 is 1.72 bits per heavy atom. The highest BCUT2D eigenvalue weighted by Gasteiger charge is 2.51. The van der Waals surface area contributed by atoms with Crippen LogP contribution in [0, 0.1) is 11.7 Å². The highest BCUT2D eigenvalue weighted by atomic mass is 32.3. The number of hydrogen-bond acceptors (Lipinski definition) is 6. The molecule has 2 aromatic carbocycles. The van der Waals surface area contributed by atoms with Gasteiger partial charge in [-0.1, -0.05) is 26.5 Å². The van der Waals surface area contributed by atoms with Gasteiger partial charge in [0.05, 0.1) is 28.9 Å². The number of nitrogens with one attached hydrogen (secondary N) is 3. The zero-order chi connectivity index (χ0) is 30.8. The molecule has 43 heavy (non-hydrogen) atoms. The van der Waals surface area contributed by atoms with Gasteiger partial charge in [0.15, 0.2) is 0 Å². The van der Waals surface area contributed by atoms with Gasteiger partial charge in [-0.3, -0.25) is 19.7 Å². The fourth-order valence-corrected chi connectivity index (χ4v) is 7.58. The first-order valence-electron chi connectivity index (χ1n) is 13.7. The molecule has 3 fully saturated rings. The summed E-state index contributed by atoms with van der Waals surface area (Å²) in [4.78, 5) is 13.5. The minimum absolute atomic E-state index is 0.142. The summed E-state index contributed by atoms with van der Waals surface area (Å²) >= 11 is 0. The molecule has 0 bridgehead atoms. The second-order valence-electron chi connectivity index (χ2n) is 11.8. The van der Waals surface area contributed by atoms with Crippen molar-refractivity contribution in [3.8, 4) is 0 Å². The maximum atomic E-state index is 13.7. The number of carbonyl (C=O) groups excluding carboxylic acids is 1. The van der Waals surface area contributed by atoms with E-state index < -0.39 is 52.0 Å². The minimum atomic E-state index is -4.47. The van der Waals surface area contributed by atoms with Crippen LogP contribution in [-0.2, 0) is 26.2 Å². The van der Waals surface area contributed by atoms with E-state index in [2.05, 4.69) is 21.7 Å². The molecule has 0 radical (unpaired) electrons. The number of halogens is 6. The third-order valence-electron chi connectivity index (χ3n) is 8.09. The monoisotopic (exact) mass is 628 g/mol. The molecule has 1 saturated carbocycles. The van der Waals surface area contributed by atoms with Crippen molar-refractivity contribution in [2.75, 3.05) is 6.54 Å². The van der Waals surface area contributed by atoms with Crippen LogP contribution in [-0.4, -0.2) is 40.4 Å². The molecule has 2 heterocycles. The number of carbonyl (C=O) groups is 1. The molecule has 0 spiro atoms. The normalized spacial score (nSPS) is 26.0. The number of rotatable bonds is 9. The highest BCUT2D eigenvalue weighted by molar-refractivity contribution is 8.27. The molecule has 7 nitrogen and oxygen atoms in total. The third kappa shape index (κ3) is 6.04. The van der Waals surface area contributed by atoms with E-state index in [0.717, 1.165) is 17.7 Å². The van der Waals surface area contributed by atoms with Gasteiger partial charge in [0.1, 0.15) is 11.9 Å². The summed E-state index contributed by atoms with van der Waals surface area (Å²) in [5, 5.41) is 9.45. The SMILES string of the molecule is CC1(C)NC(C2=C=C(N(Cc3ccc(C(F)(F)F)cc3)S3(c4ccc(F)cc4)OO3)C2)NC1C(=O)NCC1CC(F)(F)C1. The summed E-state index contributed by atoms with van der Waals surface area (Å²) in [5.74, 6) is -3.63. The Bertz CT molecular complexity index is 1460. The van der Waals surface area contributed by atoms with Crippen molar-refractivity contribution >= 4 is 16.7 Å². The van der Waals surface area contributed by atoms with Crippen LogP contribution in [0.5, 0.6) is 0 Å². The first-order valence-corrected chi connectivity index (χ1v) is 15.2. The number of benzene rings is 2. The quantitative estimate of drug-likeness (QED) is 0.140. The Balaban J connectivity index is 1.21. The fraction of sp³-hybridized carbons (Fsp3) is 0.448. The van der Waals surface area contributed by atoms with E-state index in [1.54, 1.807) is 4.31 Å². The van der Waals surface area contributed by atoms with Gasteiger partial charge in [-0.05, 0) is 72.5 Å². The molecule has 2 aromatic rings. The van der Waals surface area contributed by atoms with Gasteiger partial charge in [0.2, 0.25) is 11.8 Å². The molecule has 14 heteroatoms. The van der Waals surface area contributed by atoms with Crippen LogP contribution in [0.4, 0.5) is 26.3 Å². The summed E-state index contributed by atoms with van der Waals surface area (Å²) in [6, 6.07) is 9.78. The summed E-state index contributed by atoms with van der Waals surface area (Å²) < 4.78 is 92.2. The number of alkyl halides is 5. The van der Waals surface area contributed by atoms with Crippen molar-refractivity contribution in [2.45, 2.75) is 74.4 Å². The smallest absolute Gasteiger partial charge is 0.354 e. The van der Waals surface area contributed by atoms with Gasteiger partial charge in [-0.15, -0.1) is 0 Å². The molecular weight excluding hydrogens is 598 g/mol. The van der Waals surface area contributed by atoms with E-state index >= 15 is 0 Å². The Morgan fingerprint density at radius 1 is 1.09 bits per heavy atom. The summed E-state index contributed by atoms with van der Waals surface area (Å²) in [6.45, 7) is 4.06. The van der Waals surface area contributed by atoms with E-state index in [0.29, 0.717) is 22.6 Å². The van der Waals surface area contributed by atoms with Crippen LogP contribution >= 0.6 is 10.8 Å². The van der Waals surface area contributed by atoms with Gasteiger partial charge in [-0.2, -0.15) is 13.2 Å². The van der Waals surface area contributed by atoms with Crippen LogP contribution in [0.3, 0.4) is 0 Å². The largest absolute Gasteiger partial charge is 0.416 e. The van der Waals surface area contributed by atoms with Crippen molar-refractivity contribution in [3.63, 3.8) is 0 Å². The van der Waals surface area contributed by atoms with Crippen LogP contribution in [0.1, 0.15) is 44.2 Å². The second-order valence-corrected chi connectivity index (χ2v) is 14.0. The van der Waals surface area contributed by atoms with Crippen LogP contribution in [0.25, 0.3) is 0 Å². The Hall–Kier alpha value is -3.00. The van der Waals surface area contributed by atoms with Crippen molar-refractivity contribution in [3.05, 3.63) is 82.5 Å². The van der Waals surface area contributed by atoms with E-state index in [1.807, 2.05) is 13.8 Å². The molecule has 6 rings (SSSR count). The van der Waals surface area contributed by atoms with E-state index in [-0.39, 0.29) is 37.8 Å². The average Bonchev–Trinajstić information content (AvgIpc) is 3.63. The summed E-state index contributed by atoms with van der Waals surface area (Å²) in [6.07, 6.45) is -4.93. The van der Waals surface area contributed by atoms with Gasteiger partial charge < -0.3 is 5.32 Å². The molecule has 2 unspecified atom stereocenters. The number of amides is 1. The number of nitrogens with zero attached hydrogens (tertiary/aromatic N) is 1. The molecule has 1 amide bonds. The first-order chi connectivity index (χ1) is 20.2. The maximum absolute atomic E-state index is 13.7. The van der Waals surface area contributed by atoms with Gasteiger partial charge in [-0.25, -0.2) is 13.2 Å². The molecule has 232 valence electrons. The lowest BCUT2D eigenvalue weighted by Crippen LogP contribution is -2.54. The standard InChI is InChI=1S/C29H30F6N4O3S/c1-27(2)24(26(40)36-15-18-13-28(31,32)14-18)37-25(38-27)19-11-22(12-19)39(16-17-3-5-20(6-4-17)29(33,34)35)43(41-42-43)23-9-7-21(30)8-10-23/h3-10,18,24-25,37-38H,11,13-16H2,1-2H3,(H,36,40). The first kappa shape index (κ1) is 30.0. The molecule has 2 atom stereocenters. The average molecular weight is 629 g/mol. The predicted octanol–water partition coefficient (Wildman–Crippen LogP) is 5.86. The lowest BCUT2D eigenvalue weighted by atomic mass is 9.81. The highest BCUT2D eigenvalue weighted by Crippen LogP contribution is 2.75. The van der Waals surface area contributed by atoms with Crippen LogP contribution in [0.15, 0.2) is 70.4 Å². The molecule has 0 aromatic heterocycles. The molecule has 2 aliphatic heterocycles. The summed E-state index contributed by atoms with van der Waals surface area (Å²) in [7, 11) is -2.51. The zero-order valence-corrected chi connectivity index (χ0v) is 24.1. The third-order valence-corrected chi connectivity index (χ3v) is 10.3. The zero-order valence-electron chi connectivity index (χ0n) is 23.2. The van der Waals surface area contributed by atoms with Crippen molar-refractivity contribution < 1.29 is 39.8 Å². The Morgan fingerprint density at radius 3 is 2.28 bits per heavy atom. The van der Waals surface area contributed by atoms with E-state index in [1.165, 1.54) is 36.4 Å². The van der Waals surface area contributed by atoms with Crippen molar-refractivity contribution in [1.29, 1.82) is 0 Å². The molecule has 2 saturated heterocycles.